The van der Waals surface area contributed by atoms with E-state index in [1.54, 1.807) is 11.3 Å². The van der Waals surface area contributed by atoms with Crippen LogP contribution in [0, 0.1) is 13.8 Å². The summed E-state index contributed by atoms with van der Waals surface area (Å²) in [6, 6.07) is 12.0. The van der Waals surface area contributed by atoms with Gasteiger partial charge in [-0.25, -0.2) is 4.98 Å². The minimum atomic E-state index is 0.119. The zero-order chi connectivity index (χ0) is 19.7. The number of piperazine rings is 1. The maximum absolute atomic E-state index is 12.8. The van der Waals surface area contributed by atoms with Crippen molar-refractivity contribution in [1.29, 1.82) is 0 Å². The van der Waals surface area contributed by atoms with Crippen molar-refractivity contribution in [1.82, 2.24) is 9.88 Å². The molecule has 0 atom stereocenters. The van der Waals surface area contributed by atoms with Crippen LogP contribution in [-0.2, 0) is 0 Å². The number of rotatable bonds is 4. The molecule has 6 heteroatoms. The van der Waals surface area contributed by atoms with E-state index in [1.165, 1.54) is 5.56 Å². The minimum absolute atomic E-state index is 0.119. The smallest absolute Gasteiger partial charge is 0.253 e. The maximum Gasteiger partial charge on any atom is 0.253 e. The van der Waals surface area contributed by atoms with Gasteiger partial charge in [0.05, 0.1) is 16.8 Å². The highest BCUT2D eigenvalue weighted by Gasteiger charge is 2.24. The van der Waals surface area contributed by atoms with E-state index < -0.39 is 0 Å². The zero-order valence-corrected chi connectivity index (χ0v) is 17.4. The molecular weight excluding hydrogens is 370 g/mol. The Morgan fingerprint density at radius 3 is 2.57 bits per heavy atom. The lowest BCUT2D eigenvalue weighted by atomic mass is 10.1. The van der Waals surface area contributed by atoms with Gasteiger partial charge in [0.1, 0.15) is 5.75 Å². The van der Waals surface area contributed by atoms with Gasteiger partial charge in [0.2, 0.25) is 0 Å². The Morgan fingerprint density at radius 2 is 1.86 bits per heavy atom. The number of nitrogens with zero attached hydrogens (tertiary/aromatic N) is 3. The number of carbonyl (C=O) groups excluding carboxylic acids is 1. The summed E-state index contributed by atoms with van der Waals surface area (Å²) in [5.41, 5.74) is 4.15. The predicted molar refractivity (Wildman–Crippen MR) is 115 cm³/mol. The summed E-state index contributed by atoms with van der Waals surface area (Å²) in [5, 5.41) is 1.02. The molecule has 0 spiro atoms. The van der Waals surface area contributed by atoms with Crippen LogP contribution in [0.4, 0.5) is 5.13 Å². The van der Waals surface area contributed by atoms with Gasteiger partial charge >= 0.3 is 0 Å². The number of ether oxygens (including phenoxy) is 1. The summed E-state index contributed by atoms with van der Waals surface area (Å²) in [5.74, 6) is 1.00. The molecule has 0 unspecified atom stereocenters. The molecule has 1 saturated heterocycles. The number of carbonyl (C=O) groups is 1. The van der Waals surface area contributed by atoms with Crippen LogP contribution in [-0.4, -0.2) is 48.6 Å². The van der Waals surface area contributed by atoms with Crippen molar-refractivity contribution in [2.75, 3.05) is 37.7 Å². The van der Waals surface area contributed by atoms with E-state index in [-0.39, 0.29) is 5.91 Å². The van der Waals surface area contributed by atoms with Gasteiger partial charge in [-0.1, -0.05) is 17.4 Å². The van der Waals surface area contributed by atoms with Crippen molar-refractivity contribution in [2.24, 2.45) is 0 Å². The van der Waals surface area contributed by atoms with Gasteiger partial charge in [-0.05, 0) is 62.2 Å². The summed E-state index contributed by atoms with van der Waals surface area (Å²) < 4.78 is 6.72. The van der Waals surface area contributed by atoms with Gasteiger partial charge in [0, 0.05) is 31.7 Å². The molecule has 28 heavy (non-hydrogen) atoms. The molecular formula is C22H25N3O2S. The van der Waals surface area contributed by atoms with Crippen LogP contribution in [0.1, 0.15) is 28.4 Å². The van der Waals surface area contributed by atoms with E-state index in [4.69, 9.17) is 9.72 Å². The highest BCUT2D eigenvalue weighted by molar-refractivity contribution is 7.22. The van der Waals surface area contributed by atoms with Gasteiger partial charge in [-0.2, -0.15) is 0 Å². The van der Waals surface area contributed by atoms with Crippen molar-refractivity contribution >= 4 is 32.6 Å². The summed E-state index contributed by atoms with van der Waals surface area (Å²) in [6.07, 6.45) is 0. The molecule has 1 aliphatic heterocycles. The molecule has 1 aliphatic rings. The van der Waals surface area contributed by atoms with E-state index in [1.807, 2.05) is 49.1 Å². The van der Waals surface area contributed by atoms with Crippen LogP contribution in [0.25, 0.3) is 10.2 Å². The number of aromatic nitrogens is 1. The lowest BCUT2D eigenvalue weighted by molar-refractivity contribution is 0.0746. The zero-order valence-electron chi connectivity index (χ0n) is 16.6. The second kappa shape index (κ2) is 7.80. The fourth-order valence-corrected chi connectivity index (χ4v) is 4.49. The number of aryl methyl sites for hydroxylation is 2. The van der Waals surface area contributed by atoms with Crippen LogP contribution in [0.2, 0.25) is 0 Å². The van der Waals surface area contributed by atoms with E-state index in [0.717, 1.165) is 45.3 Å². The molecule has 1 fully saturated rings. The Balaban J connectivity index is 1.44. The molecule has 2 aromatic carbocycles. The van der Waals surface area contributed by atoms with Gasteiger partial charge in [0.15, 0.2) is 5.13 Å². The highest BCUT2D eigenvalue weighted by atomic mass is 32.1. The molecule has 4 rings (SSSR count). The van der Waals surface area contributed by atoms with Gasteiger partial charge in [-0.15, -0.1) is 0 Å². The van der Waals surface area contributed by atoms with Crippen molar-refractivity contribution in [2.45, 2.75) is 20.8 Å². The largest absolute Gasteiger partial charge is 0.494 e. The molecule has 0 bridgehead atoms. The van der Waals surface area contributed by atoms with Crippen LogP contribution in [0.3, 0.4) is 0 Å². The average molecular weight is 396 g/mol. The van der Waals surface area contributed by atoms with Crippen LogP contribution in [0.15, 0.2) is 36.4 Å². The Hall–Kier alpha value is -2.60. The first-order valence-electron chi connectivity index (χ1n) is 9.70. The molecule has 146 valence electrons. The monoisotopic (exact) mass is 395 g/mol. The first kappa shape index (κ1) is 18.7. The SMILES string of the molecule is CCOc1ccc2nc(N3CCN(C(=O)c4ccc(C)c(C)c4)CC3)sc2c1. The second-order valence-corrected chi connectivity index (χ2v) is 8.15. The number of benzene rings is 2. The lowest BCUT2D eigenvalue weighted by Crippen LogP contribution is -2.48. The predicted octanol–water partition coefficient (Wildman–Crippen LogP) is 4.27. The Labute approximate surface area is 169 Å². The molecule has 0 N–H and O–H groups in total. The number of amides is 1. The van der Waals surface area contributed by atoms with Crippen molar-refractivity contribution in [3.05, 3.63) is 53.1 Å². The average Bonchev–Trinajstić information content (AvgIpc) is 3.13. The summed E-state index contributed by atoms with van der Waals surface area (Å²) in [7, 11) is 0. The molecule has 2 heterocycles. The van der Waals surface area contributed by atoms with E-state index in [2.05, 4.69) is 17.9 Å². The number of anilines is 1. The third kappa shape index (κ3) is 3.69. The highest BCUT2D eigenvalue weighted by Crippen LogP contribution is 2.32. The van der Waals surface area contributed by atoms with Gasteiger partial charge in [0.25, 0.3) is 5.91 Å². The summed E-state index contributed by atoms with van der Waals surface area (Å²) in [6.45, 7) is 9.79. The van der Waals surface area contributed by atoms with Gasteiger partial charge < -0.3 is 14.5 Å². The van der Waals surface area contributed by atoms with Crippen molar-refractivity contribution in [3.8, 4) is 5.75 Å². The fraction of sp³-hybridized carbons (Fsp3) is 0.364. The standard InChI is InChI=1S/C22H25N3O2S/c1-4-27-18-7-8-19-20(14-18)28-22(23-19)25-11-9-24(10-12-25)21(26)17-6-5-15(2)16(3)13-17/h5-8,13-14H,4,9-12H2,1-3H3. The molecule has 1 aromatic heterocycles. The first-order valence-corrected chi connectivity index (χ1v) is 10.5. The number of hydrogen-bond acceptors (Lipinski definition) is 5. The summed E-state index contributed by atoms with van der Waals surface area (Å²) >= 11 is 1.68. The quantitative estimate of drug-likeness (QED) is 0.662. The normalized spacial score (nSPS) is 14.5. The Morgan fingerprint density at radius 1 is 1.07 bits per heavy atom. The van der Waals surface area contributed by atoms with E-state index >= 15 is 0 Å². The number of thiazole rings is 1. The fourth-order valence-electron chi connectivity index (χ4n) is 3.44. The third-order valence-electron chi connectivity index (χ3n) is 5.25. The van der Waals surface area contributed by atoms with Crippen LogP contribution < -0.4 is 9.64 Å². The summed E-state index contributed by atoms with van der Waals surface area (Å²) in [4.78, 5) is 21.8. The van der Waals surface area contributed by atoms with E-state index in [0.29, 0.717) is 19.7 Å². The number of fused-ring (bicyclic) bond motifs is 1. The minimum Gasteiger partial charge on any atom is -0.494 e. The molecule has 0 saturated carbocycles. The molecule has 0 aliphatic carbocycles. The Kier molecular flexibility index (Phi) is 5.22. The molecule has 3 aromatic rings. The van der Waals surface area contributed by atoms with E-state index in [9.17, 15) is 4.79 Å². The topological polar surface area (TPSA) is 45.7 Å². The maximum atomic E-state index is 12.8. The second-order valence-electron chi connectivity index (χ2n) is 7.14. The van der Waals surface area contributed by atoms with Gasteiger partial charge in [-0.3, -0.25) is 4.79 Å². The van der Waals surface area contributed by atoms with Crippen molar-refractivity contribution in [3.63, 3.8) is 0 Å². The Bertz CT molecular complexity index is 1010. The molecule has 0 radical (unpaired) electrons. The van der Waals surface area contributed by atoms with Crippen LogP contribution in [0.5, 0.6) is 5.75 Å². The lowest BCUT2D eigenvalue weighted by Gasteiger charge is -2.34. The number of hydrogen-bond donors (Lipinski definition) is 0. The van der Waals surface area contributed by atoms with Crippen molar-refractivity contribution < 1.29 is 9.53 Å². The molecule has 5 nitrogen and oxygen atoms in total. The first-order chi connectivity index (χ1) is 13.5. The third-order valence-corrected chi connectivity index (χ3v) is 6.33. The molecule has 1 amide bonds. The van der Waals surface area contributed by atoms with Crippen LogP contribution >= 0.6 is 11.3 Å².